The highest BCUT2D eigenvalue weighted by atomic mass is 35.5. The second-order valence-corrected chi connectivity index (χ2v) is 8.70. The van der Waals surface area contributed by atoms with Gasteiger partial charge >= 0.3 is 5.97 Å². The lowest BCUT2D eigenvalue weighted by atomic mass is 9.65. The van der Waals surface area contributed by atoms with Crippen molar-refractivity contribution < 1.29 is 9.53 Å². The van der Waals surface area contributed by atoms with Gasteiger partial charge in [0.1, 0.15) is 0 Å². The van der Waals surface area contributed by atoms with E-state index in [1.54, 1.807) is 0 Å². The van der Waals surface area contributed by atoms with Gasteiger partial charge in [0, 0.05) is 17.8 Å². The Morgan fingerprint density at radius 2 is 2.11 bits per heavy atom. The number of ether oxygens (including phenoxy) is 1. The van der Waals surface area contributed by atoms with Crippen LogP contribution in [0.4, 0.5) is 0 Å². The van der Waals surface area contributed by atoms with Crippen LogP contribution >= 0.6 is 11.6 Å². The topological polar surface area (TPSA) is 78.3 Å². The molecule has 0 bridgehead atoms. The number of methoxy groups -OCH3 is 1. The zero-order valence-electron chi connectivity index (χ0n) is 17.1. The monoisotopic (exact) mass is 392 g/mol. The van der Waals surface area contributed by atoms with Gasteiger partial charge in [-0.15, -0.1) is 11.6 Å². The van der Waals surface area contributed by atoms with Crippen molar-refractivity contribution >= 4 is 17.6 Å². The Bertz CT molecular complexity index is 727. The van der Waals surface area contributed by atoms with E-state index in [1.165, 1.54) is 35.6 Å². The molecule has 0 aromatic heterocycles. The fourth-order valence-corrected chi connectivity index (χ4v) is 5.12. The highest BCUT2D eigenvalue weighted by molar-refractivity contribution is 6.21. The summed E-state index contributed by atoms with van der Waals surface area (Å²) in [6.45, 7) is 8.17. The molecule has 1 aliphatic rings. The molecule has 4 nitrogen and oxygen atoms in total. The average molecular weight is 393 g/mol. The number of halogens is 1. The standard InChI is InChI=1S/C22H33ClN2O2/c1-6-14(11-15(25)12-24)20(22(3,4)21(26)27-5)17-8-7-13(2)19-16(17)9-10-18(19)23/h7-8,12,14,18,20H,6,9-11,24-25H2,1-5H3/b15-12-. The molecule has 4 N–H and O–H groups in total. The molecule has 5 heteroatoms. The molecule has 0 spiro atoms. The van der Waals surface area contributed by atoms with Gasteiger partial charge in [-0.25, -0.2) is 0 Å². The third-order valence-electron chi connectivity index (χ3n) is 6.10. The first-order chi connectivity index (χ1) is 12.7. The molecular weight excluding hydrogens is 360 g/mol. The maximum absolute atomic E-state index is 12.7. The molecule has 0 saturated heterocycles. The third-order valence-corrected chi connectivity index (χ3v) is 6.54. The lowest BCUT2D eigenvalue weighted by Gasteiger charge is -2.39. The minimum atomic E-state index is -0.697. The Kier molecular flexibility index (Phi) is 6.85. The summed E-state index contributed by atoms with van der Waals surface area (Å²) in [6, 6.07) is 4.30. The number of esters is 1. The molecule has 150 valence electrons. The highest BCUT2D eigenvalue weighted by Gasteiger charge is 2.44. The minimum Gasteiger partial charge on any atom is -0.469 e. The molecule has 1 aliphatic carbocycles. The number of aryl methyl sites for hydroxylation is 1. The smallest absolute Gasteiger partial charge is 0.311 e. The van der Waals surface area contributed by atoms with E-state index in [2.05, 4.69) is 26.0 Å². The van der Waals surface area contributed by atoms with E-state index in [0.29, 0.717) is 12.1 Å². The van der Waals surface area contributed by atoms with Crippen molar-refractivity contribution in [1.82, 2.24) is 0 Å². The molecule has 2 rings (SSSR count). The number of hydrogen-bond acceptors (Lipinski definition) is 4. The normalized spacial score (nSPS) is 19.5. The number of carbonyl (C=O) groups excluding carboxylic acids is 1. The van der Waals surface area contributed by atoms with E-state index in [9.17, 15) is 4.79 Å². The van der Waals surface area contributed by atoms with Crippen molar-refractivity contribution in [3.63, 3.8) is 0 Å². The first-order valence-corrected chi connectivity index (χ1v) is 10.1. The molecule has 1 aromatic rings. The number of hydrogen-bond donors (Lipinski definition) is 2. The zero-order valence-corrected chi connectivity index (χ0v) is 17.9. The molecule has 0 saturated carbocycles. The number of carbonyl (C=O) groups is 1. The molecular formula is C22H33ClN2O2. The zero-order chi connectivity index (χ0) is 20.4. The molecule has 0 aliphatic heterocycles. The number of rotatable bonds is 7. The third kappa shape index (κ3) is 4.11. The predicted molar refractivity (Wildman–Crippen MR) is 111 cm³/mol. The van der Waals surface area contributed by atoms with Crippen LogP contribution < -0.4 is 11.5 Å². The van der Waals surface area contributed by atoms with Gasteiger partial charge in [0.25, 0.3) is 0 Å². The lowest BCUT2D eigenvalue weighted by molar-refractivity contribution is -0.153. The van der Waals surface area contributed by atoms with Crippen LogP contribution in [0.2, 0.25) is 0 Å². The Labute approximate surface area is 168 Å². The van der Waals surface area contributed by atoms with Crippen LogP contribution in [0.5, 0.6) is 0 Å². The summed E-state index contributed by atoms with van der Waals surface area (Å²) in [4.78, 5) is 12.7. The number of alkyl halides is 1. The van der Waals surface area contributed by atoms with Crippen LogP contribution in [0.1, 0.15) is 73.6 Å². The van der Waals surface area contributed by atoms with Gasteiger partial charge in [-0.1, -0.05) is 25.5 Å². The molecule has 3 atom stereocenters. The number of allylic oxidation sites excluding steroid dienone is 1. The minimum absolute atomic E-state index is 0.0373. The SMILES string of the molecule is CCC(C/C(N)=C/N)C(c1ccc(C)c2c1CCC2Cl)C(C)(C)C(=O)OC. The summed E-state index contributed by atoms with van der Waals surface area (Å²) in [5.41, 5.74) is 16.6. The number of nitrogens with two attached hydrogens (primary N) is 2. The van der Waals surface area contributed by atoms with Crippen LogP contribution in [0.25, 0.3) is 0 Å². The van der Waals surface area contributed by atoms with Crippen molar-refractivity contribution in [3.05, 3.63) is 46.3 Å². The Hall–Kier alpha value is -1.68. The van der Waals surface area contributed by atoms with E-state index >= 15 is 0 Å². The molecule has 3 unspecified atom stereocenters. The Morgan fingerprint density at radius 1 is 1.44 bits per heavy atom. The van der Waals surface area contributed by atoms with Crippen molar-refractivity contribution in [2.75, 3.05) is 7.11 Å². The van der Waals surface area contributed by atoms with Crippen molar-refractivity contribution in [1.29, 1.82) is 0 Å². The fraction of sp³-hybridized carbons (Fsp3) is 0.591. The largest absolute Gasteiger partial charge is 0.469 e. The van der Waals surface area contributed by atoms with Crippen LogP contribution in [-0.4, -0.2) is 13.1 Å². The average Bonchev–Trinajstić information content (AvgIpc) is 3.04. The number of benzene rings is 1. The maximum Gasteiger partial charge on any atom is 0.311 e. The van der Waals surface area contributed by atoms with Gasteiger partial charge in [0.2, 0.25) is 0 Å². The lowest BCUT2D eigenvalue weighted by Crippen LogP contribution is -2.37. The van der Waals surface area contributed by atoms with Gasteiger partial charge in [0.15, 0.2) is 0 Å². The molecule has 0 heterocycles. The van der Waals surface area contributed by atoms with Gasteiger partial charge < -0.3 is 16.2 Å². The van der Waals surface area contributed by atoms with E-state index in [1.807, 2.05) is 13.8 Å². The quantitative estimate of drug-likeness (QED) is 0.521. The summed E-state index contributed by atoms with van der Waals surface area (Å²) in [5, 5.41) is 0.0379. The summed E-state index contributed by atoms with van der Waals surface area (Å²) >= 11 is 6.61. The molecule has 27 heavy (non-hydrogen) atoms. The first kappa shape index (κ1) is 21.6. The molecule has 0 fully saturated rings. The van der Waals surface area contributed by atoms with E-state index in [0.717, 1.165) is 19.3 Å². The van der Waals surface area contributed by atoms with Gasteiger partial charge in [-0.3, -0.25) is 4.79 Å². The van der Waals surface area contributed by atoms with E-state index in [4.69, 9.17) is 27.8 Å². The summed E-state index contributed by atoms with van der Waals surface area (Å²) in [5.74, 6) is -0.0826. The van der Waals surface area contributed by atoms with Crippen LogP contribution in [-0.2, 0) is 16.0 Å². The van der Waals surface area contributed by atoms with Gasteiger partial charge in [0.05, 0.1) is 17.9 Å². The van der Waals surface area contributed by atoms with Gasteiger partial charge in [-0.2, -0.15) is 0 Å². The van der Waals surface area contributed by atoms with E-state index in [-0.39, 0.29) is 23.2 Å². The predicted octanol–water partition coefficient (Wildman–Crippen LogP) is 4.68. The van der Waals surface area contributed by atoms with E-state index < -0.39 is 5.41 Å². The van der Waals surface area contributed by atoms with Crippen molar-refractivity contribution in [3.8, 4) is 0 Å². The van der Waals surface area contributed by atoms with Crippen LogP contribution in [0.3, 0.4) is 0 Å². The highest BCUT2D eigenvalue weighted by Crippen LogP contribution is 2.50. The van der Waals surface area contributed by atoms with Crippen LogP contribution in [0, 0.1) is 18.3 Å². The van der Waals surface area contributed by atoms with Crippen LogP contribution in [0.15, 0.2) is 24.0 Å². The first-order valence-electron chi connectivity index (χ1n) is 9.69. The Morgan fingerprint density at radius 3 is 2.67 bits per heavy atom. The summed E-state index contributed by atoms with van der Waals surface area (Å²) in [7, 11) is 1.45. The van der Waals surface area contributed by atoms with Gasteiger partial charge in [-0.05, 0) is 68.2 Å². The maximum atomic E-state index is 12.7. The fourth-order valence-electron chi connectivity index (χ4n) is 4.71. The van der Waals surface area contributed by atoms with Crippen molar-refractivity contribution in [2.24, 2.45) is 22.8 Å². The summed E-state index contributed by atoms with van der Waals surface area (Å²) < 4.78 is 5.17. The number of fused-ring (bicyclic) bond motifs is 1. The second kappa shape index (κ2) is 8.55. The Balaban J connectivity index is 2.66. The summed E-state index contributed by atoms with van der Waals surface area (Å²) in [6.07, 6.45) is 4.85. The molecule has 0 amide bonds. The second-order valence-electron chi connectivity index (χ2n) is 8.18. The molecule has 0 radical (unpaired) electrons. The molecule has 1 aromatic carbocycles. The van der Waals surface area contributed by atoms with Crippen molar-refractivity contribution in [2.45, 2.75) is 64.7 Å².